The molecule has 2 N–H and O–H groups in total. The van der Waals surface area contributed by atoms with E-state index in [1.54, 1.807) is 0 Å². The van der Waals surface area contributed by atoms with Crippen molar-refractivity contribution < 1.29 is 13.9 Å². The van der Waals surface area contributed by atoms with Crippen LogP contribution >= 0.6 is 0 Å². The Morgan fingerprint density at radius 1 is 1.45 bits per heavy atom. The lowest BCUT2D eigenvalue weighted by molar-refractivity contribution is 0.0449. The van der Waals surface area contributed by atoms with Crippen molar-refractivity contribution in [2.75, 3.05) is 25.9 Å². The molecule has 110 valence electrons. The van der Waals surface area contributed by atoms with Crippen LogP contribution in [0, 0.1) is 5.82 Å². The normalized spacial score (nSPS) is 19.8. The van der Waals surface area contributed by atoms with Gasteiger partial charge in [-0.15, -0.1) is 0 Å². The maximum absolute atomic E-state index is 13.2. The van der Waals surface area contributed by atoms with Crippen LogP contribution in [0.25, 0.3) is 0 Å². The molecule has 0 aromatic heterocycles. The number of esters is 1. The Hall–Kier alpha value is -1.62. The Kier molecular flexibility index (Phi) is 4.95. The molecule has 1 heterocycles. The van der Waals surface area contributed by atoms with Gasteiger partial charge in [0.2, 0.25) is 0 Å². The number of rotatable bonds is 4. The SMILES string of the molecule is CN1CCCCC1CCOC(=O)c1cc(N)cc(F)c1. The van der Waals surface area contributed by atoms with Crippen molar-refractivity contribution >= 4 is 11.7 Å². The number of likely N-dealkylation sites (tertiary alicyclic amines) is 1. The number of nitrogens with two attached hydrogens (primary N) is 1. The number of carbonyl (C=O) groups is 1. The van der Waals surface area contributed by atoms with Gasteiger partial charge in [0, 0.05) is 11.7 Å². The second-order valence-corrected chi connectivity index (χ2v) is 5.33. The summed E-state index contributed by atoms with van der Waals surface area (Å²) in [7, 11) is 2.10. The van der Waals surface area contributed by atoms with Crippen LogP contribution in [-0.4, -0.2) is 37.1 Å². The molecule has 4 nitrogen and oxygen atoms in total. The van der Waals surface area contributed by atoms with Gasteiger partial charge in [-0.2, -0.15) is 0 Å². The van der Waals surface area contributed by atoms with E-state index < -0.39 is 11.8 Å². The van der Waals surface area contributed by atoms with Crippen LogP contribution in [0.1, 0.15) is 36.0 Å². The lowest BCUT2D eigenvalue weighted by Gasteiger charge is -2.32. The molecule has 0 aliphatic carbocycles. The number of hydrogen-bond donors (Lipinski definition) is 1. The quantitative estimate of drug-likeness (QED) is 0.680. The van der Waals surface area contributed by atoms with Crippen molar-refractivity contribution in [3.63, 3.8) is 0 Å². The molecule has 0 spiro atoms. The Balaban J connectivity index is 1.82. The molecule has 0 radical (unpaired) electrons. The predicted octanol–water partition coefficient (Wildman–Crippen LogP) is 2.44. The van der Waals surface area contributed by atoms with Gasteiger partial charge in [-0.3, -0.25) is 0 Å². The summed E-state index contributed by atoms with van der Waals surface area (Å²) in [6, 6.07) is 4.21. The summed E-state index contributed by atoms with van der Waals surface area (Å²) in [6.45, 7) is 1.45. The first kappa shape index (κ1) is 14.8. The van der Waals surface area contributed by atoms with Gasteiger partial charge in [-0.1, -0.05) is 6.42 Å². The molecular weight excluding hydrogens is 259 g/mol. The van der Waals surface area contributed by atoms with Crippen molar-refractivity contribution in [3.8, 4) is 0 Å². The minimum Gasteiger partial charge on any atom is -0.462 e. The van der Waals surface area contributed by atoms with E-state index >= 15 is 0 Å². The number of carbonyl (C=O) groups excluding carboxylic acids is 1. The summed E-state index contributed by atoms with van der Waals surface area (Å²) in [6.07, 6.45) is 4.41. The second-order valence-electron chi connectivity index (χ2n) is 5.33. The maximum atomic E-state index is 13.2. The summed E-state index contributed by atoms with van der Waals surface area (Å²) in [5, 5.41) is 0. The standard InChI is InChI=1S/C15H21FN2O2/c1-18-6-3-2-4-14(18)5-7-20-15(19)11-8-12(16)10-13(17)9-11/h8-10,14H,2-7,17H2,1H3. The summed E-state index contributed by atoms with van der Waals surface area (Å²) < 4.78 is 18.4. The number of benzene rings is 1. The monoisotopic (exact) mass is 280 g/mol. The van der Waals surface area contributed by atoms with Gasteiger partial charge in [0.25, 0.3) is 0 Å². The molecule has 1 aromatic rings. The van der Waals surface area contributed by atoms with Crippen LogP contribution < -0.4 is 5.73 Å². The van der Waals surface area contributed by atoms with Crippen molar-refractivity contribution in [2.24, 2.45) is 0 Å². The van der Waals surface area contributed by atoms with E-state index in [1.807, 2.05) is 0 Å². The third-order valence-electron chi connectivity index (χ3n) is 3.76. The second kappa shape index (κ2) is 6.70. The minimum absolute atomic E-state index is 0.166. The first-order valence-electron chi connectivity index (χ1n) is 6.99. The van der Waals surface area contributed by atoms with E-state index in [9.17, 15) is 9.18 Å². The average Bonchev–Trinajstić information content (AvgIpc) is 2.39. The lowest BCUT2D eigenvalue weighted by atomic mass is 10.0. The Morgan fingerprint density at radius 2 is 2.25 bits per heavy atom. The summed E-state index contributed by atoms with van der Waals surface area (Å²) in [5.74, 6) is -1.04. The van der Waals surface area contributed by atoms with Crippen LogP contribution in [0.2, 0.25) is 0 Å². The number of hydrogen-bond acceptors (Lipinski definition) is 4. The molecule has 0 amide bonds. The van der Waals surface area contributed by atoms with Crippen molar-refractivity contribution in [1.29, 1.82) is 0 Å². The molecule has 0 bridgehead atoms. The Bertz CT molecular complexity index is 459. The van der Waals surface area contributed by atoms with Gasteiger partial charge in [-0.05, 0) is 51.1 Å². The number of ether oxygens (including phenoxy) is 1. The molecule has 1 aliphatic rings. The van der Waals surface area contributed by atoms with E-state index in [1.165, 1.54) is 25.0 Å². The highest BCUT2D eigenvalue weighted by atomic mass is 19.1. The largest absolute Gasteiger partial charge is 0.462 e. The van der Waals surface area contributed by atoms with Crippen molar-refractivity contribution in [1.82, 2.24) is 4.90 Å². The topological polar surface area (TPSA) is 55.6 Å². The van der Waals surface area contributed by atoms with Gasteiger partial charge in [0.15, 0.2) is 0 Å². The molecule has 20 heavy (non-hydrogen) atoms. The highest BCUT2D eigenvalue weighted by molar-refractivity contribution is 5.90. The smallest absolute Gasteiger partial charge is 0.338 e. The van der Waals surface area contributed by atoms with Gasteiger partial charge >= 0.3 is 5.97 Å². The van der Waals surface area contributed by atoms with Crippen LogP contribution in [-0.2, 0) is 4.74 Å². The van der Waals surface area contributed by atoms with Gasteiger partial charge in [0.1, 0.15) is 5.82 Å². The molecule has 1 atom stereocenters. The van der Waals surface area contributed by atoms with Crippen molar-refractivity contribution in [3.05, 3.63) is 29.6 Å². The van der Waals surface area contributed by atoms with Crippen LogP contribution in [0.5, 0.6) is 0 Å². The van der Waals surface area contributed by atoms with Crippen LogP contribution in [0.3, 0.4) is 0 Å². The highest BCUT2D eigenvalue weighted by Crippen LogP contribution is 2.18. The van der Waals surface area contributed by atoms with E-state index in [2.05, 4.69) is 11.9 Å². The zero-order valence-electron chi connectivity index (χ0n) is 11.8. The predicted molar refractivity (Wildman–Crippen MR) is 76.0 cm³/mol. The number of nitrogen functional groups attached to an aromatic ring is 1. The fourth-order valence-electron chi connectivity index (χ4n) is 2.61. The third-order valence-corrected chi connectivity index (χ3v) is 3.76. The minimum atomic E-state index is -0.524. The maximum Gasteiger partial charge on any atom is 0.338 e. The highest BCUT2D eigenvalue weighted by Gasteiger charge is 2.19. The summed E-state index contributed by atoms with van der Waals surface area (Å²) in [4.78, 5) is 14.1. The van der Waals surface area contributed by atoms with Crippen LogP contribution in [0.15, 0.2) is 18.2 Å². The molecule has 1 aliphatic heterocycles. The third kappa shape index (κ3) is 3.93. The molecule has 5 heteroatoms. The fraction of sp³-hybridized carbons (Fsp3) is 0.533. The number of piperidine rings is 1. The van der Waals surface area contributed by atoms with Crippen molar-refractivity contribution in [2.45, 2.75) is 31.7 Å². The zero-order valence-corrected chi connectivity index (χ0v) is 11.8. The number of halogens is 1. The average molecular weight is 280 g/mol. The van der Waals surface area contributed by atoms with Gasteiger partial charge in [0.05, 0.1) is 12.2 Å². The lowest BCUT2D eigenvalue weighted by Crippen LogP contribution is -2.37. The van der Waals surface area contributed by atoms with E-state index in [4.69, 9.17) is 10.5 Å². The van der Waals surface area contributed by atoms with Gasteiger partial charge in [-0.25, -0.2) is 9.18 Å². The number of anilines is 1. The van der Waals surface area contributed by atoms with E-state index in [0.29, 0.717) is 12.6 Å². The fourth-order valence-corrected chi connectivity index (χ4v) is 2.61. The molecule has 1 unspecified atom stereocenters. The van der Waals surface area contributed by atoms with Gasteiger partial charge < -0.3 is 15.4 Å². The molecular formula is C15H21FN2O2. The van der Waals surface area contributed by atoms with Crippen LogP contribution in [0.4, 0.5) is 10.1 Å². The summed E-state index contributed by atoms with van der Waals surface area (Å²) >= 11 is 0. The Labute approximate surface area is 118 Å². The summed E-state index contributed by atoms with van der Waals surface area (Å²) in [5.41, 5.74) is 5.90. The zero-order chi connectivity index (χ0) is 14.5. The molecule has 1 saturated heterocycles. The Morgan fingerprint density at radius 3 is 2.95 bits per heavy atom. The van der Waals surface area contributed by atoms with E-state index in [0.717, 1.165) is 25.5 Å². The first-order valence-corrected chi connectivity index (χ1v) is 6.99. The molecule has 2 rings (SSSR count). The molecule has 1 aromatic carbocycles. The van der Waals surface area contributed by atoms with E-state index in [-0.39, 0.29) is 11.3 Å². The molecule has 1 fully saturated rings. The first-order chi connectivity index (χ1) is 9.56. The number of nitrogens with zero attached hydrogens (tertiary/aromatic N) is 1. The molecule has 0 saturated carbocycles.